The molecule has 1 aliphatic carbocycles. The number of hydrogen-bond donors (Lipinski definition) is 1. The van der Waals surface area contributed by atoms with Gasteiger partial charge in [-0.3, -0.25) is 9.69 Å². The molecule has 1 atom stereocenters. The minimum absolute atomic E-state index is 0.0721. The van der Waals surface area contributed by atoms with Crippen LogP contribution >= 0.6 is 11.6 Å². The maximum absolute atomic E-state index is 12.5. The van der Waals surface area contributed by atoms with E-state index in [0.29, 0.717) is 23.2 Å². The fraction of sp³-hybridized carbons (Fsp3) is 0.533. The van der Waals surface area contributed by atoms with Gasteiger partial charge in [-0.2, -0.15) is 0 Å². The number of aliphatic hydroxyl groups is 1. The monoisotopic (exact) mass is 281 g/mol. The molecule has 0 saturated heterocycles. The molecule has 1 fully saturated rings. The van der Waals surface area contributed by atoms with E-state index in [9.17, 15) is 9.90 Å². The Morgan fingerprint density at radius 1 is 1.53 bits per heavy atom. The van der Waals surface area contributed by atoms with Gasteiger partial charge in [-0.05, 0) is 31.9 Å². The van der Waals surface area contributed by atoms with Gasteiger partial charge in [0, 0.05) is 23.2 Å². The van der Waals surface area contributed by atoms with E-state index in [0.717, 1.165) is 12.8 Å². The Hall–Kier alpha value is -0.900. The predicted molar refractivity (Wildman–Crippen MR) is 76.7 cm³/mol. The van der Waals surface area contributed by atoms with Crippen LogP contribution in [0.25, 0.3) is 0 Å². The van der Waals surface area contributed by atoms with E-state index < -0.39 is 0 Å². The lowest BCUT2D eigenvalue weighted by Crippen LogP contribution is -2.49. The largest absolute Gasteiger partial charge is 0.395 e. The number of carbonyl (C=O) groups excluding carboxylic acids is 1. The average Bonchev–Trinajstić information content (AvgIpc) is 2.34. The number of Topliss-reactive ketones (excluding diaryl/α,β-unsaturated/α-hetero) is 1. The molecular formula is C15H20ClNO2. The third-order valence-corrected chi connectivity index (χ3v) is 4.12. The van der Waals surface area contributed by atoms with E-state index in [2.05, 4.69) is 4.90 Å². The van der Waals surface area contributed by atoms with Crippen LogP contribution in [0.1, 0.15) is 36.5 Å². The molecule has 1 aliphatic rings. The lowest BCUT2D eigenvalue weighted by molar-refractivity contribution is 0.0528. The highest BCUT2D eigenvalue weighted by Crippen LogP contribution is 2.27. The summed E-state index contributed by atoms with van der Waals surface area (Å²) in [6.45, 7) is 2.55. The zero-order valence-electron chi connectivity index (χ0n) is 11.2. The number of halogens is 1. The highest BCUT2D eigenvalue weighted by Gasteiger charge is 2.31. The van der Waals surface area contributed by atoms with E-state index in [1.54, 1.807) is 24.3 Å². The molecule has 0 heterocycles. The van der Waals surface area contributed by atoms with Crippen molar-refractivity contribution in [3.63, 3.8) is 0 Å². The Balaban J connectivity index is 2.11. The quantitative estimate of drug-likeness (QED) is 0.815. The molecule has 1 N–H and O–H groups in total. The van der Waals surface area contributed by atoms with Crippen LogP contribution in [0.3, 0.4) is 0 Å². The van der Waals surface area contributed by atoms with Crippen molar-refractivity contribution in [1.29, 1.82) is 0 Å². The SMILES string of the molecule is CC(C(=O)c1cccc(Cl)c1)N(CCO)C1CCC1. The minimum Gasteiger partial charge on any atom is -0.395 e. The van der Waals surface area contributed by atoms with Crippen molar-refractivity contribution in [2.45, 2.75) is 38.3 Å². The molecular weight excluding hydrogens is 262 g/mol. The molecule has 0 bridgehead atoms. The van der Waals surface area contributed by atoms with Gasteiger partial charge in [0.15, 0.2) is 5.78 Å². The van der Waals surface area contributed by atoms with E-state index in [1.165, 1.54) is 6.42 Å². The molecule has 19 heavy (non-hydrogen) atoms. The number of rotatable bonds is 6. The second-order valence-electron chi connectivity index (χ2n) is 5.10. The first-order valence-electron chi connectivity index (χ1n) is 6.80. The molecule has 0 radical (unpaired) electrons. The molecule has 0 amide bonds. The second kappa shape index (κ2) is 6.51. The molecule has 1 unspecified atom stereocenters. The summed E-state index contributed by atoms with van der Waals surface area (Å²) in [5.41, 5.74) is 0.641. The van der Waals surface area contributed by atoms with Crippen LogP contribution < -0.4 is 0 Å². The molecule has 0 aromatic heterocycles. The summed E-state index contributed by atoms with van der Waals surface area (Å²) in [7, 11) is 0. The van der Waals surface area contributed by atoms with Gasteiger partial charge in [0.25, 0.3) is 0 Å². The third kappa shape index (κ3) is 3.35. The summed E-state index contributed by atoms with van der Waals surface area (Å²) in [5.74, 6) is 0.0721. The van der Waals surface area contributed by atoms with Gasteiger partial charge in [0.1, 0.15) is 0 Å². The van der Waals surface area contributed by atoms with Crippen LogP contribution in [-0.4, -0.2) is 41.0 Å². The van der Waals surface area contributed by atoms with E-state index in [4.69, 9.17) is 11.6 Å². The highest BCUT2D eigenvalue weighted by atomic mass is 35.5. The van der Waals surface area contributed by atoms with Crippen LogP contribution in [0, 0.1) is 0 Å². The number of hydrogen-bond acceptors (Lipinski definition) is 3. The molecule has 104 valence electrons. The van der Waals surface area contributed by atoms with E-state index in [1.807, 2.05) is 6.92 Å². The van der Waals surface area contributed by atoms with Crippen molar-refractivity contribution >= 4 is 17.4 Å². The number of carbonyl (C=O) groups is 1. The molecule has 2 rings (SSSR count). The minimum atomic E-state index is -0.212. The van der Waals surface area contributed by atoms with Crippen molar-refractivity contribution in [2.24, 2.45) is 0 Å². The number of aliphatic hydroxyl groups excluding tert-OH is 1. The van der Waals surface area contributed by atoms with Gasteiger partial charge in [0.05, 0.1) is 12.6 Å². The first-order chi connectivity index (χ1) is 9.13. The zero-order valence-corrected chi connectivity index (χ0v) is 11.9. The van der Waals surface area contributed by atoms with Crippen LogP contribution in [0.4, 0.5) is 0 Å². The van der Waals surface area contributed by atoms with Gasteiger partial charge in [0.2, 0.25) is 0 Å². The van der Waals surface area contributed by atoms with Gasteiger partial charge < -0.3 is 5.11 Å². The summed E-state index contributed by atoms with van der Waals surface area (Å²) < 4.78 is 0. The molecule has 3 nitrogen and oxygen atoms in total. The van der Waals surface area contributed by atoms with Crippen LogP contribution in [-0.2, 0) is 0 Å². The Labute approximate surface area is 119 Å². The lowest BCUT2D eigenvalue weighted by Gasteiger charge is -2.40. The molecule has 1 saturated carbocycles. The van der Waals surface area contributed by atoms with E-state index >= 15 is 0 Å². The molecule has 0 aliphatic heterocycles. The summed E-state index contributed by atoms with van der Waals surface area (Å²) in [5, 5.41) is 9.76. The Morgan fingerprint density at radius 3 is 2.79 bits per heavy atom. The summed E-state index contributed by atoms with van der Waals surface area (Å²) in [6.07, 6.45) is 3.45. The van der Waals surface area contributed by atoms with Crippen LogP contribution in [0.2, 0.25) is 5.02 Å². The second-order valence-corrected chi connectivity index (χ2v) is 5.53. The zero-order chi connectivity index (χ0) is 13.8. The summed E-state index contributed by atoms with van der Waals surface area (Å²) in [6, 6.07) is 7.28. The van der Waals surface area contributed by atoms with Gasteiger partial charge in [-0.15, -0.1) is 0 Å². The molecule has 1 aromatic rings. The predicted octanol–water partition coefficient (Wildman–Crippen LogP) is 2.76. The summed E-state index contributed by atoms with van der Waals surface area (Å²) >= 11 is 5.93. The van der Waals surface area contributed by atoms with Crippen LogP contribution in [0.15, 0.2) is 24.3 Å². The Kier molecular flexibility index (Phi) is 4.97. The fourth-order valence-corrected chi connectivity index (χ4v) is 2.75. The Bertz CT molecular complexity index is 446. The van der Waals surface area contributed by atoms with Gasteiger partial charge in [-0.1, -0.05) is 30.2 Å². The van der Waals surface area contributed by atoms with Crippen molar-refractivity contribution in [3.8, 4) is 0 Å². The van der Waals surface area contributed by atoms with Crippen molar-refractivity contribution < 1.29 is 9.90 Å². The Morgan fingerprint density at radius 2 is 2.26 bits per heavy atom. The highest BCUT2D eigenvalue weighted by molar-refractivity contribution is 6.31. The standard InChI is InChI=1S/C15H20ClNO2/c1-11(17(8-9-18)14-6-3-7-14)15(19)12-4-2-5-13(16)10-12/h2,4-5,10-11,14,18H,3,6-9H2,1H3. The lowest BCUT2D eigenvalue weighted by atomic mass is 9.89. The van der Waals surface area contributed by atoms with Gasteiger partial charge in [-0.25, -0.2) is 0 Å². The topological polar surface area (TPSA) is 40.5 Å². The van der Waals surface area contributed by atoms with E-state index in [-0.39, 0.29) is 18.4 Å². The van der Waals surface area contributed by atoms with Crippen molar-refractivity contribution in [1.82, 2.24) is 4.90 Å². The fourth-order valence-electron chi connectivity index (χ4n) is 2.56. The number of benzene rings is 1. The smallest absolute Gasteiger partial charge is 0.179 e. The van der Waals surface area contributed by atoms with Crippen molar-refractivity contribution in [3.05, 3.63) is 34.9 Å². The molecule has 1 aromatic carbocycles. The number of nitrogens with zero attached hydrogens (tertiary/aromatic N) is 1. The summed E-state index contributed by atoms with van der Waals surface area (Å²) in [4.78, 5) is 14.6. The van der Waals surface area contributed by atoms with Gasteiger partial charge >= 0.3 is 0 Å². The maximum atomic E-state index is 12.5. The normalized spacial score (nSPS) is 17.3. The molecule has 0 spiro atoms. The number of ketones is 1. The first-order valence-corrected chi connectivity index (χ1v) is 7.17. The molecule has 4 heteroatoms. The van der Waals surface area contributed by atoms with Crippen LogP contribution in [0.5, 0.6) is 0 Å². The first kappa shape index (κ1) is 14.5. The maximum Gasteiger partial charge on any atom is 0.179 e. The van der Waals surface area contributed by atoms with Crippen molar-refractivity contribution in [2.75, 3.05) is 13.2 Å². The third-order valence-electron chi connectivity index (χ3n) is 3.89. The average molecular weight is 282 g/mol.